The van der Waals surface area contributed by atoms with Gasteiger partial charge in [-0.1, -0.05) is 54.1 Å². The van der Waals surface area contributed by atoms with Crippen molar-refractivity contribution < 1.29 is 14.3 Å². The van der Waals surface area contributed by atoms with Gasteiger partial charge in [0.2, 0.25) is 6.10 Å². The third kappa shape index (κ3) is 3.16. The molecule has 1 atom stereocenters. The minimum Gasteiger partial charge on any atom is -0.444 e. The van der Waals surface area contributed by atoms with E-state index in [1.54, 1.807) is 48.5 Å². The molecule has 0 bridgehead atoms. The highest BCUT2D eigenvalue weighted by Gasteiger charge is 2.24. The molecule has 0 aliphatic rings. The lowest BCUT2D eigenvalue weighted by Crippen LogP contribution is -2.26. The minimum absolute atomic E-state index is 0.191. The van der Waals surface area contributed by atoms with Gasteiger partial charge in [0.15, 0.2) is 0 Å². The van der Waals surface area contributed by atoms with E-state index in [0.29, 0.717) is 5.56 Å². The molecular formula is C15H12ClNO3. The molecule has 102 valence electrons. The smallest absolute Gasteiger partial charge is 0.340 e. The van der Waals surface area contributed by atoms with Crippen LogP contribution in [0.5, 0.6) is 0 Å². The monoisotopic (exact) mass is 289 g/mol. The summed E-state index contributed by atoms with van der Waals surface area (Å²) in [5, 5.41) is 0.258. The lowest BCUT2D eigenvalue weighted by molar-refractivity contribution is -0.127. The van der Waals surface area contributed by atoms with E-state index in [4.69, 9.17) is 22.1 Å². The first kappa shape index (κ1) is 14.1. The van der Waals surface area contributed by atoms with Crippen molar-refractivity contribution in [3.63, 3.8) is 0 Å². The molecule has 0 aliphatic carbocycles. The number of hydrogen-bond donors (Lipinski definition) is 1. The van der Waals surface area contributed by atoms with Crippen LogP contribution in [-0.4, -0.2) is 11.9 Å². The quantitative estimate of drug-likeness (QED) is 0.880. The number of ether oxygens (including phenoxy) is 1. The molecule has 2 aromatic carbocycles. The van der Waals surface area contributed by atoms with Gasteiger partial charge in [-0.15, -0.1) is 0 Å². The Hall–Kier alpha value is -2.33. The molecule has 5 heteroatoms. The van der Waals surface area contributed by atoms with E-state index in [2.05, 4.69) is 0 Å². The molecule has 0 aromatic heterocycles. The van der Waals surface area contributed by atoms with Gasteiger partial charge < -0.3 is 10.5 Å². The Bertz CT molecular complexity index is 628. The van der Waals surface area contributed by atoms with Gasteiger partial charge in [0.05, 0.1) is 10.6 Å². The van der Waals surface area contributed by atoms with Crippen molar-refractivity contribution in [2.75, 3.05) is 0 Å². The van der Waals surface area contributed by atoms with Gasteiger partial charge >= 0.3 is 5.97 Å². The van der Waals surface area contributed by atoms with Crippen molar-refractivity contribution in [3.05, 3.63) is 70.7 Å². The Morgan fingerprint density at radius 3 is 2.20 bits per heavy atom. The van der Waals surface area contributed by atoms with E-state index in [0.717, 1.165) is 0 Å². The number of hydrogen-bond acceptors (Lipinski definition) is 3. The zero-order valence-electron chi connectivity index (χ0n) is 10.5. The summed E-state index contributed by atoms with van der Waals surface area (Å²) < 4.78 is 5.17. The summed E-state index contributed by atoms with van der Waals surface area (Å²) in [6.07, 6.45) is -1.14. The molecular weight excluding hydrogens is 278 g/mol. The largest absolute Gasteiger partial charge is 0.444 e. The van der Waals surface area contributed by atoms with Gasteiger partial charge in [0.1, 0.15) is 0 Å². The number of nitrogens with two attached hydrogens (primary N) is 1. The lowest BCUT2D eigenvalue weighted by atomic mass is 10.1. The zero-order chi connectivity index (χ0) is 14.5. The molecule has 2 N–H and O–H groups in total. The lowest BCUT2D eigenvalue weighted by Gasteiger charge is -2.15. The number of benzene rings is 2. The van der Waals surface area contributed by atoms with E-state index in [9.17, 15) is 9.59 Å². The maximum atomic E-state index is 12.0. The first-order valence-electron chi connectivity index (χ1n) is 5.89. The van der Waals surface area contributed by atoms with Gasteiger partial charge in [-0.3, -0.25) is 4.79 Å². The van der Waals surface area contributed by atoms with E-state index >= 15 is 0 Å². The molecule has 0 aliphatic heterocycles. The topological polar surface area (TPSA) is 69.4 Å². The second-order valence-corrected chi connectivity index (χ2v) is 4.49. The third-order valence-corrected chi connectivity index (χ3v) is 3.01. The number of primary amides is 1. The highest BCUT2D eigenvalue weighted by Crippen LogP contribution is 2.22. The van der Waals surface area contributed by atoms with Crippen LogP contribution in [0.15, 0.2) is 54.6 Å². The fourth-order valence-electron chi connectivity index (χ4n) is 1.72. The van der Waals surface area contributed by atoms with Crippen LogP contribution in [0.25, 0.3) is 0 Å². The highest BCUT2D eigenvalue weighted by atomic mass is 35.5. The first-order chi connectivity index (χ1) is 9.59. The molecule has 0 saturated heterocycles. The molecule has 1 amide bonds. The fourth-order valence-corrected chi connectivity index (χ4v) is 1.93. The van der Waals surface area contributed by atoms with Crippen LogP contribution in [0.4, 0.5) is 0 Å². The molecule has 0 radical (unpaired) electrons. The Balaban J connectivity index is 2.24. The molecule has 1 unspecified atom stereocenters. The summed E-state index contributed by atoms with van der Waals surface area (Å²) in [6.45, 7) is 0. The van der Waals surface area contributed by atoms with Crippen LogP contribution in [0.3, 0.4) is 0 Å². The Morgan fingerprint density at radius 2 is 1.60 bits per heavy atom. The second-order valence-electron chi connectivity index (χ2n) is 4.08. The van der Waals surface area contributed by atoms with Gasteiger partial charge in [-0.05, 0) is 12.1 Å². The molecule has 0 spiro atoms. The van der Waals surface area contributed by atoms with Crippen molar-refractivity contribution in [2.24, 2.45) is 5.73 Å². The van der Waals surface area contributed by atoms with Crippen molar-refractivity contribution in [3.8, 4) is 0 Å². The van der Waals surface area contributed by atoms with Crippen LogP contribution in [-0.2, 0) is 9.53 Å². The Labute approximate surface area is 121 Å². The molecule has 2 aromatic rings. The van der Waals surface area contributed by atoms with Crippen molar-refractivity contribution in [1.29, 1.82) is 0 Å². The van der Waals surface area contributed by atoms with E-state index in [-0.39, 0.29) is 10.6 Å². The summed E-state index contributed by atoms with van der Waals surface area (Å²) in [5.74, 6) is -1.43. The normalized spacial score (nSPS) is 11.7. The Kier molecular flexibility index (Phi) is 4.38. The number of esters is 1. The molecule has 20 heavy (non-hydrogen) atoms. The zero-order valence-corrected chi connectivity index (χ0v) is 11.2. The second kappa shape index (κ2) is 6.21. The molecule has 0 fully saturated rings. The molecule has 2 rings (SSSR count). The third-order valence-electron chi connectivity index (χ3n) is 2.68. The van der Waals surface area contributed by atoms with Crippen LogP contribution in [0, 0.1) is 0 Å². The van der Waals surface area contributed by atoms with Gasteiger partial charge in [0, 0.05) is 5.56 Å². The van der Waals surface area contributed by atoms with Crippen LogP contribution < -0.4 is 5.73 Å². The van der Waals surface area contributed by atoms with Crippen LogP contribution >= 0.6 is 11.6 Å². The predicted molar refractivity (Wildman–Crippen MR) is 75.2 cm³/mol. The number of carbonyl (C=O) groups is 2. The highest BCUT2D eigenvalue weighted by molar-refractivity contribution is 6.33. The first-order valence-corrected chi connectivity index (χ1v) is 6.27. The average molecular weight is 290 g/mol. The summed E-state index contributed by atoms with van der Waals surface area (Å²) in [6, 6.07) is 15.0. The SMILES string of the molecule is NC(=O)C(OC(=O)c1ccccc1Cl)c1ccccc1. The predicted octanol–water partition coefficient (Wildman–Crippen LogP) is 2.72. The van der Waals surface area contributed by atoms with Crippen molar-refractivity contribution >= 4 is 23.5 Å². The Morgan fingerprint density at radius 1 is 1.00 bits per heavy atom. The maximum Gasteiger partial charge on any atom is 0.340 e. The molecule has 0 saturated carbocycles. The number of rotatable bonds is 4. The summed E-state index contributed by atoms with van der Waals surface area (Å²) in [7, 11) is 0. The van der Waals surface area contributed by atoms with Crippen molar-refractivity contribution in [2.45, 2.75) is 6.10 Å². The van der Waals surface area contributed by atoms with E-state index in [1.807, 2.05) is 0 Å². The standard InChI is InChI=1S/C15H12ClNO3/c16-12-9-5-4-8-11(12)15(19)20-13(14(17)18)10-6-2-1-3-7-10/h1-9,13H,(H2,17,18). The summed E-state index contributed by atoms with van der Waals surface area (Å²) in [4.78, 5) is 23.5. The van der Waals surface area contributed by atoms with Crippen LogP contribution in [0.1, 0.15) is 22.0 Å². The van der Waals surface area contributed by atoms with Gasteiger partial charge in [-0.2, -0.15) is 0 Å². The molecule has 4 nitrogen and oxygen atoms in total. The fraction of sp³-hybridized carbons (Fsp3) is 0.0667. The number of amides is 1. The average Bonchev–Trinajstić information content (AvgIpc) is 2.45. The maximum absolute atomic E-state index is 12.0. The van der Waals surface area contributed by atoms with Crippen LogP contribution in [0.2, 0.25) is 5.02 Å². The van der Waals surface area contributed by atoms with Crippen molar-refractivity contribution in [1.82, 2.24) is 0 Å². The van der Waals surface area contributed by atoms with E-state index in [1.165, 1.54) is 6.07 Å². The number of carbonyl (C=O) groups excluding carboxylic acids is 2. The van der Waals surface area contributed by atoms with Gasteiger partial charge in [-0.25, -0.2) is 4.79 Å². The summed E-state index contributed by atoms with van der Waals surface area (Å²) >= 11 is 5.91. The minimum atomic E-state index is -1.14. The number of halogens is 1. The van der Waals surface area contributed by atoms with Gasteiger partial charge in [0.25, 0.3) is 5.91 Å². The summed E-state index contributed by atoms with van der Waals surface area (Å²) in [5.41, 5.74) is 5.99. The molecule has 0 heterocycles. The van der Waals surface area contributed by atoms with E-state index < -0.39 is 18.0 Å².